The number of carbonyl (C=O) groups excluding carboxylic acids is 4. The molecule has 2 saturated heterocycles. The molecule has 1 saturated carbocycles. The zero-order chi connectivity index (χ0) is 37.1. The first-order chi connectivity index (χ1) is 24.0. The number of amides is 4. The highest BCUT2D eigenvalue weighted by atomic mass is 79.9. The van der Waals surface area contributed by atoms with Gasteiger partial charge in [0.2, 0.25) is 17.6 Å². The van der Waals surface area contributed by atoms with Crippen LogP contribution in [0.15, 0.2) is 52.5 Å². The van der Waals surface area contributed by atoms with Gasteiger partial charge in [0.05, 0.1) is 29.1 Å². The first-order valence-electron chi connectivity index (χ1n) is 15.6. The molecule has 4 aliphatic rings. The third kappa shape index (κ3) is 4.61. The van der Waals surface area contributed by atoms with Gasteiger partial charge in [-0.15, -0.1) is 23.2 Å². The fraction of sp³-hybridized carbons (Fsp3) is 0.314. The highest BCUT2D eigenvalue weighted by molar-refractivity contribution is 9.10. The average Bonchev–Trinajstić information content (AvgIpc) is 3.45. The van der Waals surface area contributed by atoms with Crippen molar-refractivity contribution in [3.8, 4) is 11.5 Å². The molecule has 2 aliphatic heterocycles. The van der Waals surface area contributed by atoms with Gasteiger partial charge in [0.25, 0.3) is 11.8 Å². The summed E-state index contributed by atoms with van der Waals surface area (Å²) in [5, 5.41) is 10.6. The zero-order valence-corrected chi connectivity index (χ0v) is 29.5. The number of benzene rings is 3. The van der Waals surface area contributed by atoms with Crippen molar-refractivity contribution in [2.24, 2.45) is 17.8 Å². The van der Waals surface area contributed by atoms with Gasteiger partial charge in [0.1, 0.15) is 5.69 Å². The number of anilines is 2. The second-order valence-electron chi connectivity index (χ2n) is 12.8. The Hall–Kier alpha value is -4.01. The number of fused-ring (bicyclic) bond motifs is 4. The normalized spacial score (nSPS) is 28.5. The van der Waals surface area contributed by atoms with E-state index in [1.54, 1.807) is 30.3 Å². The van der Waals surface area contributed by atoms with Crippen molar-refractivity contribution >= 4 is 74.1 Å². The van der Waals surface area contributed by atoms with E-state index in [0.29, 0.717) is 12.1 Å². The molecule has 4 amide bonds. The molecule has 16 heteroatoms. The number of nitrogens with zero attached hydrogens (tertiary/aromatic N) is 2. The number of phenolic OH excluding ortho intramolecular Hbond substituents is 1. The van der Waals surface area contributed by atoms with Gasteiger partial charge in [0, 0.05) is 5.92 Å². The van der Waals surface area contributed by atoms with Gasteiger partial charge >= 0.3 is 0 Å². The van der Waals surface area contributed by atoms with E-state index in [4.69, 9.17) is 27.9 Å². The summed E-state index contributed by atoms with van der Waals surface area (Å²) in [4.78, 5) is 52.3. The van der Waals surface area contributed by atoms with E-state index in [0.717, 1.165) is 10.5 Å². The fourth-order valence-corrected chi connectivity index (χ4v) is 9.39. The Bertz CT molecular complexity index is 2110. The summed E-state index contributed by atoms with van der Waals surface area (Å²) < 4.78 is 78.8. The quantitative estimate of drug-likeness (QED) is 0.0731. The van der Waals surface area contributed by atoms with Crippen molar-refractivity contribution in [2.75, 3.05) is 16.9 Å². The number of aryl methyl sites for hydroxylation is 1. The van der Waals surface area contributed by atoms with Crippen LogP contribution in [0, 0.1) is 46.8 Å². The second-order valence-corrected chi connectivity index (χ2v) is 14.9. The van der Waals surface area contributed by atoms with E-state index in [-0.39, 0.29) is 38.4 Å². The lowest BCUT2D eigenvalue weighted by Gasteiger charge is -2.50. The molecule has 3 aromatic rings. The number of methoxy groups -OCH3 is 1. The summed E-state index contributed by atoms with van der Waals surface area (Å²) in [5.41, 5.74) is -0.297. The number of halogens is 8. The largest absolute Gasteiger partial charge is 0.503 e. The van der Waals surface area contributed by atoms with Crippen molar-refractivity contribution in [3.63, 3.8) is 0 Å². The number of hydrogen-bond acceptors (Lipinski definition) is 6. The van der Waals surface area contributed by atoms with Crippen LogP contribution in [0.1, 0.15) is 36.8 Å². The van der Waals surface area contributed by atoms with Crippen molar-refractivity contribution in [1.82, 2.24) is 0 Å². The molecule has 0 aromatic heterocycles. The number of phenols is 1. The van der Waals surface area contributed by atoms with Crippen LogP contribution in [-0.2, 0) is 25.6 Å². The van der Waals surface area contributed by atoms with Gasteiger partial charge in [-0.25, -0.2) is 26.9 Å². The highest BCUT2D eigenvalue weighted by Crippen LogP contribution is 2.66. The Balaban J connectivity index is 1.44. The number of hydrogen-bond donors (Lipinski definition) is 1. The first kappa shape index (κ1) is 35.4. The summed E-state index contributed by atoms with van der Waals surface area (Å²) in [6.07, 6.45) is 1.62. The molecule has 0 bridgehead atoms. The molecule has 1 N–H and O–H groups in total. The summed E-state index contributed by atoms with van der Waals surface area (Å²) in [6, 6.07) is 9.36. The molecular weight excluding hydrogens is 790 g/mol. The zero-order valence-electron chi connectivity index (χ0n) is 26.4. The SMILES string of the molecule is CCc1ccc(N2C(=O)C3CC=C4C(CC5(Cl)C(=O)N(c6c(F)c(F)c(F)c(F)c6F)C(=O)C5(Cl)C4c4cc(Br)c(O)c(OC)c4)C3C2=O)cc1. The third-order valence-electron chi connectivity index (χ3n) is 10.4. The highest BCUT2D eigenvalue weighted by Gasteiger charge is 2.77. The Morgan fingerprint density at radius 3 is 2.08 bits per heavy atom. The Labute approximate surface area is 304 Å². The number of alkyl halides is 2. The fourth-order valence-electron chi connectivity index (χ4n) is 7.99. The number of allylic oxidation sites excluding steroid dienone is 2. The lowest BCUT2D eigenvalue weighted by molar-refractivity contribution is -0.125. The average molecular weight is 814 g/mol. The predicted molar refractivity (Wildman–Crippen MR) is 177 cm³/mol. The lowest BCUT2D eigenvalue weighted by Crippen LogP contribution is -2.60. The lowest BCUT2D eigenvalue weighted by atomic mass is 9.56. The van der Waals surface area contributed by atoms with E-state index in [2.05, 4.69) is 15.9 Å². The number of carbonyl (C=O) groups is 4. The summed E-state index contributed by atoms with van der Waals surface area (Å²) in [5.74, 6) is -21.9. The van der Waals surface area contributed by atoms with E-state index in [9.17, 15) is 37.5 Å². The molecule has 7 rings (SSSR count). The minimum atomic E-state index is -2.72. The predicted octanol–water partition coefficient (Wildman–Crippen LogP) is 7.19. The van der Waals surface area contributed by atoms with Gasteiger partial charge in [-0.3, -0.25) is 24.1 Å². The standard InChI is InChI=1S/C35H24BrCl2F5N2O6/c1-3-13-4-6-15(7-5-13)44-30(47)17-9-8-16-18(21(17)31(44)48)12-34(37)32(49)45(28-26(42)24(40)23(39)25(41)27(28)43)33(50)35(34,38)22(16)14-10-19(36)29(46)20(11-14)51-2/h4-8,10-11,17-18,21-22,46H,3,9,12H2,1-2H3. The molecule has 3 aromatic carbocycles. The third-order valence-corrected chi connectivity index (χ3v) is 12.4. The Morgan fingerprint density at radius 2 is 1.49 bits per heavy atom. The number of aromatic hydroxyl groups is 1. The molecule has 6 atom stereocenters. The Morgan fingerprint density at radius 1 is 0.882 bits per heavy atom. The number of ether oxygens (including phenoxy) is 1. The molecule has 51 heavy (non-hydrogen) atoms. The maximum atomic E-state index is 15.3. The maximum absolute atomic E-state index is 15.3. The molecule has 266 valence electrons. The molecular formula is C35H24BrCl2F5N2O6. The van der Waals surface area contributed by atoms with Crippen LogP contribution in [0.25, 0.3) is 0 Å². The van der Waals surface area contributed by atoms with Crippen molar-refractivity contribution < 1.29 is 51.0 Å². The van der Waals surface area contributed by atoms with E-state index < -0.39 is 98.2 Å². The van der Waals surface area contributed by atoms with Gasteiger partial charge in [-0.2, -0.15) is 0 Å². The minimum Gasteiger partial charge on any atom is -0.503 e. The van der Waals surface area contributed by atoms with Crippen LogP contribution in [0.3, 0.4) is 0 Å². The molecule has 2 aliphatic carbocycles. The van der Waals surface area contributed by atoms with Crippen molar-refractivity contribution in [1.29, 1.82) is 0 Å². The van der Waals surface area contributed by atoms with Gasteiger partial charge < -0.3 is 9.84 Å². The number of imide groups is 2. The monoisotopic (exact) mass is 812 g/mol. The van der Waals surface area contributed by atoms with Crippen LogP contribution in [0.5, 0.6) is 11.5 Å². The Kier molecular flexibility index (Phi) is 8.34. The van der Waals surface area contributed by atoms with Crippen LogP contribution in [-0.4, -0.2) is 45.6 Å². The van der Waals surface area contributed by atoms with E-state index >= 15 is 8.78 Å². The summed E-state index contributed by atoms with van der Waals surface area (Å²) >= 11 is 17.5. The molecule has 8 nitrogen and oxygen atoms in total. The van der Waals surface area contributed by atoms with Gasteiger partial charge in [-0.1, -0.05) is 30.7 Å². The van der Waals surface area contributed by atoms with Crippen LogP contribution in [0.2, 0.25) is 0 Å². The van der Waals surface area contributed by atoms with Crippen LogP contribution in [0.4, 0.5) is 33.3 Å². The first-order valence-corrected chi connectivity index (χ1v) is 17.1. The molecule has 0 spiro atoms. The molecule has 3 fully saturated rings. The minimum absolute atomic E-state index is 0.0240. The number of rotatable bonds is 5. The van der Waals surface area contributed by atoms with Crippen LogP contribution >= 0.6 is 39.1 Å². The maximum Gasteiger partial charge on any atom is 0.258 e. The van der Waals surface area contributed by atoms with E-state index in [1.165, 1.54) is 19.2 Å². The second kappa shape index (κ2) is 12.0. The van der Waals surface area contributed by atoms with Gasteiger partial charge in [-0.05, 0) is 76.5 Å². The topological polar surface area (TPSA) is 104 Å². The van der Waals surface area contributed by atoms with Crippen molar-refractivity contribution in [2.45, 2.75) is 41.9 Å². The molecule has 2 heterocycles. The smallest absolute Gasteiger partial charge is 0.258 e. The molecule has 6 unspecified atom stereocenters. The van der Waals surface area contributed by atoms with Crippen molar-refractivity contribution in [3.05, 3.63) is 92.7 Å². The summed E-state index contributed by atoms with van der Waals surface area (Å²) in [6.45, 7) is 1.94. The van der Waals surface area contributed by atoms with Gasteiger partial charge in [0.15, 0.2) is 44.5 Å². The summed E-state index contributed by atoms with van der Waals surface area (Å²) in [7, 11) is 1.22. The van der Waals surface area contributed by atoms with E-state index in [1.807, 2.05) is 6.92 Å². The van der Waals surface area contributed by atoms with Crippen LogP contribution < -0.4 is 14.5 Å². The molecule has 0 radical (unpaired) electrons.